The molecule has 0 aromatic heterocycles. The summed E-state index contributed by atoms with van der Waals surface area (Å²) >= 11 is 9.15. The summed E-state index contributed by atoms with van der Waals surface area (Å²) in [5.74, 6) is 0. The Hall–Kier alpha value is -0.710. The molecule has 0 aliphatic rings. The molecule has 0 aliphatic heterocycles. The molecule has 0 saturated heterocycles. The summed E-state index contributed by atoms with van der Waals surface area (Å²) in [6.45, 7) is 0.360. The summed E-state index contributed by atoms with van der Waals surface area (Å²) in [4.78, 5) is 0. The van der Waals surface area contributed by atoms with Gasteiger partial charge in [0.15, 0.2) is 0 Å². The van der Waals surface area contributed by atoms with Crippen molar-refractivity contribution in [3.63, 3.8) is 0 Å². The number of hydrogen-bond acceptors (Lipinski definition) is 4. The van der Waals surface area contributed by atoms with Gasteiger partial charge in [0, 0.05) is 10.8 Å². The number of aliphatic hydroxyl groups excluding tert-OH is 1. The zero-order valence-corrected chi connectivity index (χ0v) is 9.18. The average Bonchev–Trinajstić information content (AvgIpc) is 2.18. The van der Waals surface area contributed by atoms with Crippen LogP contribution in [0.4, 0.5) is 0 Å². The molecular weight excluding hydrogens is 216 g/mol. The smallest absolute Gasteiger partial charge is 0.0886 e. The standard InChI is InChI=1S/C10H12O2S2/c11-9(6-7-12-10(13)14)8-4-2-1-3-5-8/h1-5,9,11H,6-7H2,(H,13,14)/p-1. The summed E-state index contributed by atoms with van der Waals surface area (Å²) in [6.07, 6.45) is -0.0126. The molecule has 14 heavy (non-hydrogen) atoms. The van der Waals surface area contributed by atoms with Gasteiger partial charge in [-0.05, 0) is 5.56 Å². The van der Waals surface area contributed by atoms with Gasteiger partial charge in [0.25, 0.3) is 0 Å². The first-order valence-corrected chi connectivity index (χ1v) is 5.08. The maximum atomic E-state index is 9.68. The van der Waals surface area contributed by atoms with Gasteiger partial charge < -0.3 is 34.7 Å². The summed E-state index contributed by atoms with van der Waals surface area (Å²) in [6, 6.07) is 9.42. The quantitative estimate of drug-likeness (QED) is 0.629. The Morgan fingerprint density at radius 3 is 2.64 bits per heavy atom. The first kappa shape index (κ1) is 11.4. The molecular formula is C10H11O2S2-. The lowest BCUT2D eigenvalue weighted by molar-refractivity contribution is 0.140. The predicted octanol–water partition coefficient (Wildman–Crippen LogP) is 1.96. The summed E-state index contributed by atoms with van der Waals surface area (Å²) < 4.78 is 5.02. The van der Waals surface area contributed by atoms with Crippen LogP contribution in [0.25, 0.3) is 0 Å². The van der Waals surface area contributed by atoms with Gasteiger partial charge in [-0.15, -0.1) is 0 Å². The Labute approximate surface area is 94.3 Å². The van der Waals surface area contributed by atoms with Gasteiger partial charge >= 0.3 is 0 Å². The molecule has 2 nitrogen and oxygen atoms in total. The van der Waals surface area contributed by atoms with Crippen LogP contribution in [0, 0.1) is 0 Å². The monoisotopic (exact) mass is 227 g/mol. The molecule has 1 N–H and O–H groups in total. The van der Waals surface area contributed by atoms with Crippen LogP contribution in [0.5, 0.6) is 0 Å². The molecule has 0 amide bonds. The third-order valence-electron chi connectivity index (χ3n) is 1.80. The van der Waals surface area contributed by atoms with E-state index < -0.39 is 6.10 Å². The van der Waals surface area contributed by atoms with Gasteiger partial charge in [0.2, 0.25) is 0 Å². The van der Waals surface area contributed by atoms with Crippen molar-refractivity contribution in [3.8, 4) is 0 Å². The fourth-order valence-electron chi connectivity index (χ4n) is 1.10. The summed E-state index contributed by atoms with van der Waals surface area (Å²) in [5.41, 5.74) is 0.881. The van der Waals surface area contributed by atoms with E-state index in [0.29, 0.717) is 13.0 Å². The predicted molar refractivity (Wildman–Crippen MR) is 61.9 cm³/mol. The van der Waals surface area contributed by atoms with Crippen LogP contribution in [0.15, 0.2) is 30.3 Å². The largest absolute Gasteiger partial charge is 0.513 e. The Kier molecular flexibility index (Phi) is 4.79. The lowest BCUT2D eigenvalue weighted by Crippen LogP contribution is -2.05. The SMILES string of the molecule is OC(CCOC(=S)[S-])c1ccccc1. The highest BCUT2D eigenvalue weighted by Gasteiger charge is 2.05. The number of rotatable bonds is 4. The van der Waals surface area contributed by atoms with E-state index in [1.807, 2.05) is 30.3 Å². The minimum atomic E-state index is -0.513. The van der Waals surface area contributed by atoms with E-state index in [9.17, 15) is 5.11 Å². The number of ether oxygens (including phenoxy) is 1. The second-order valence-electron chi connectivity index (χ2n) is 2.81. The number of benzene rings is 1. The van der Waals surface area contributed by atoms with Crippen molar-refractivity contribution in [1.82, 2.24) is 0 Å². The van der Waals surface area contributed by atoms with Crippen molar-refractivity contribution < 1.29 is 9.84 Å². The van der Waals surface area contributed by atoms with E-state index >= 15 is 0 Å². The van der Waals surface area contributed by atoms with Crippen molar-refractivity contribution >= 4 is 29.2 Å². The van der Waals surface area contributed by atoms with Crippen LogP contribution in [-0.2, 0) is 17.4 Å². The lowest BCUT2D eigenvalue weighted by Gasteiger charge is -2.13. The molecule has 0 bridgehead atoms. The first-order chi connectivity index (χ1) is 6.70. The molecule has 0 aliphatic carbocycles. The third kappa shape index (κ3) is 4.00. The minimum absolute atomic E-state index is 0.102. The molecule has 0 saturated carbocycles. The summed E-state index contributed by atoms with van der Waals surface area (Å²) in [7, 11) is 0. The zero-order valence-electron chi connectivity index (χ0n) is 7.55. The van der Waals surface area contributed by atoms with E-state index in [4.69, 9.17) is 4.74 Å². The number of thiocarbonyl (C=S) groups is 1. The van der Waals surface area contributed by atoms with Gasteiger partial charge in [-0.25, -0.2) is 0 Å². The number of aliphatic hydroxyl groups is 1. The molecule has 1 aromatic rings. The zero-order chi connectivity index (χ0) is 10.4. The highest BCUT2D eigenvalue weighted by molar-refractivity contribution is 7.99. The average molecular weight is 227 g/mol. The van der Waals surface area contributed by atoms with E-state index in [-0.39, 0.29) is 4.38 Å². The molecule has 0 radical (unpaired) electrons. The van der Waals surface area contributed by atoms with Crippen LogP contribution in [0.2, 0.25) is 0 Å². The molecule has 1 rings (SSSR count). The molecule has 1 unspecified atom stereocenters. The van der Waals surface area contributed by atoms with Crippen molar-refractivity contribution in [3.05, 3.63) is 35.9 Å². The maximum absolute atomic E-state index is 9.68. The highest BCUT2D eigenvalue weighted by Crippen LogP contribution is 2.15. The normalized spacial score (nSPS) is 12.1. The van der Waals surface area contributed by atoms with Gasteiger partial charge in [-0.3, -0.25) is 0 Å². The van der Waals surface area contributed by atoms with E-state index in [1.54, 1.807) is 0 Å². The van der Waals surface area contributed by atoms with Crippen LogP contribution >= 0.6 is 12.2 Å². The molecule has 1 atom stereocenters. The Morgan fingerprint density at radius 2 is 2.07 bits per heavy atom. The van der Waals surface area contributed by atoms with Crippen molar-refractivity contribution in [2.24, 2.45) is 0 Å². The van der Waals surface area contributed by atoms with Crippen LogP contribution in [0.3, 0.4) is 0 Å². The Morgan fingerprint density at radius 1 is 1.43 bits per heavy atom. The minimum Gasteiger partial charge on any atom is -0.513 e. The molecule has 0 heterocycles. The molecule has 76 valence electrons. The lowest BCUT2D eigenvalue weighted by atomic mass is 10.1. The fraction of sp³-hybridized carbons (Fsp3) is 0.300. The number of hydrogen-bond donors (Lipinski definition) is 1. The molecule has 4 heteroatoms. The fourth-order valence-corrected chi connectivity index (χ4v) is 1.26. The van der Waals surface area contributed by atoms with E-state index in [2.05, 4.69) is 24.8 Å². The van der Waals surface area contributed by atoms with Gasteiger partial charge in [0.1, 0.15) is 0 Å². The maximum Gasteiger partial charge on any atom is 0.0886 e. The van der Waals surface area contributed by atoms with E-state index in [1.165, 1.54) is 0 Å². The Bertz CT molecular complexity index is 287. The van der Waals surface area contributed by atoms with Crippen molar-refractivity contribution in [1.29, 1.82) is 0 Å². The van der Waals surface area contributed by atoms with Crippen molar-refractivity contribution in [2.75, 3.05) is 6.61 Å². The van der Waals surface area contributed by atoms with Crippen LogP contribution in [0.1, 0.15) is 18.1 Å². The van der Waals surface area contributed by atoms with Gasteiger partial charge in [-0.1, -0.05) is 30.3 Å². The van der Waals surface area contributed by atoms with E-state index in [0.717, 1.165) is 5.56 Å². The molecule has 0 spiro atoms. The third-order valence-corrected chi connectivity index (χ3v) is 2.03. The van der Waals surface area contributed by atoms with Crippen molar-refractivity contribution in [2.45, 2.75) is 12.5 Å². The van der Waals surface area contributed by atoms with Gasteiger partial charge in [-0.2, -0.15) is 0 Å². The first-order valence-electron chi connectivity index (χ1n) is 4.27. The topological polar surface area (TPSA) is 29.5 Å². The molecule has 0 fully saturated rings. The molecule has 1 aromatic carbocycles. The second kappa shape index (κ2) is 5.90. The van der Waals surface area contributed by atoms with Crippen LogP contribution < -0.4 is 0 Å². The second-order valence-corrected chi connectivity index (χ2v) is 3.81. The summed E-state index contributed by atoms with van der Waals surface area (Å²) in [5, 5.41) is 9.68. The van der Waals surface area contributed by atoms with Gasteiger partial charge in [0.05, 0.1) is 12.7 Å². The Balaban J connectivity index is 2.36. The van der Waals surface area contributed by atoms with Crippen LogP contribution in [-0.4, -0.2) is 16.1 Å². The highest BCUT2D eigenvalue weighted by atomic mass is 32.1.